The van der Waals surface area contributed by atoms with Gasteiger partial charge in [0.05, 0.1) is 6.42 Å². The normalized spacial score (nSPS) is 17.2. The number of hydrogen-bond donors (Lipinski definition) is 2. The molecule has 3 rings (SSSR count). The first kappa shape index (κ1) is 21.5. The Balaban J connectivity index is 1.81. The second-order valence-electron chi connectivity index (χ2n) is 6.19. The average molecular weight is 440 g/mol. The molecule has 0 saturated heterocycles. The molecule has 1 aromatic carbocycles. The smallest absolute Gasteiger partial charge is 0.425 e. The van der Waals surface area contributed by atoms with Gasteiger partial charge in [0.1, 0.15) is 11.5 Å². The van der Waals surface area contributed by atoms with Crippen LogP contribution in [0.5, 0.6) is 17.5 Å². The van der Waals surface area contributed by atoms with Crippen molar-refractivity contribution in [3.05, 3.63) is 30.0 Å². The van der Waals surface area contributed by atoms with Gasteiger partial charge in [-0.15, -0.1) is 13.2 Å². The maximum absolute atomic E-state index is 12.5. The van der Waals surface area contributed by atoms with E-state index in [1.807, 2.05) is 0 Å². The Morgan fingerprint density at radius 1 is 1.20 bits per heavy atom. The van der Waals surface area contributed by atoms with Gasteiger partial charge < -0.3 is 24.5 Å². The Bertz CT molecular complexity index is 929. The maximum atomic E-state index is 12.5. The van der Waals surface area contributed by atoms with Crippen LogP contribution in [0.2, 0.25) is 0 Å². The number of carbonyl (C=O) groups is 1. The minimum absolute atomic E-state index is 0.103. The van der Waals surface area contributed by atoms with Gasteiger partial charge in [0, 0.05) is 19.7 Å². The Labute approximate surface area is 164 Å². The number of alkyl halides is 6. The third kappa shape index (κ3) is 4.87. The summed E-state index contributed by atoms with van der Waals surface area (Å²) in [5.74, 6) is -1.73. The van der Waals surface area contributed by atoms with Gasteiger partial charge in [0.15, 0.2) is 11.5 Å². The van der Waals surface area contributed by atoms with Crippen LogP contribution in [0.3, 0.4) is 0 Å². The molecular weight excluding hydrogens is 426 g/mol. The first-order valence-corrected chi connectivity index (χ1v) is 8.26. The fourth-order valence-corrected chi connectivity index (χ4v) is 2.67. The van der Waals surface area contributed by atoms with E-state index >= 15 is 0 Å². The summed E-state index contributed by atoms with van der Waals surface area (Å²) < 4.78 is 83.5. The summed E-state index contributed by atoms with van der Waals surface area (Å²) in [6.07, 6.45) is -12.5. The van der Waals surface area contributed by atoms with Crippen molar-refractivity contribution in [2.24, 2.45) is 0 Å². The number of nitrogens with zero attached hydrogens (tertiary/aromatic N) is 3. The fourth-order valence-electron chi connectivity index (χ4n) is 2.67. The lowest BCUT2D eigenvalue weighted by Gasteiger charge is -2.38. The monoisotopic (exact) mass is 440 g/mol. The Morgan fingerprint density at radius 2 is 1.87 bits per heavy atom. The molecule has 0 aliphatic carbocycles. The van der Waals surface area contributed by atoms with Crippen molar-refractivity contribution in [3.63, 3.8) is 0 Å². The summed E-state index contributed by atoms with van der Waals surface area (Å²) in [6, 6.07) is 4.15. The van der Waals surface area contributed by atoms with Crippen LogP contribution < -0.4 is 14.4 Å². The molecule has 1 aromatic heterocycles. The van der Waals surface area contributed by atoms with Crippen LogP contribution in [0.4, 0.5) is 32.2 Å². The molecule has 1 unspecified atom stereocenters. The molecule has 2 aromatic rings. The Hall–Kier alpha value is -3.16. The number of imidazole rings is 1. The summed E-state index contributed by atoms with van der Waals surface area (Å²) in [7, 11) is 1.29. The third-order valence-corrected chi connectivity index (χ3v) is 3.99. The number of rotatable bonds is 5. The summed E-state index contributed by atoms with van der Waals surface area (Å²) >= 11 is 0. The second kappa shape index (κ2) is 7.59. The zero-order chi connectivity index (χ0) is 22.3. The van der Waals surface area contributed by atoms with Crippen LogP contribution >= 0.6 is 0 Å². The topological polar surface area (TPSA) is 90.9 Å². The predicted octanol–water partition coefficient (Wildman–Crippen LogP) is 3.22. The maximum Gasteiger partial charge on any atom is 0.573 e. The highest BCUT2D eigenvalue weighted by Crippen LogP contribution is 2.33. The number of amides is 1. The zero-order valence-corrected chi connectivity index (χ0v) is 15.1. The van der Waals surface area contributed by atoms with Crippen molar-refractivity contribution in [2.45, 2.75) is 25.3 Å². The summed E-state index contributed by atoms with van der Waals surface area (Å²) in [6.45, 7) is -0.792. The molecule has 0 fully saturated rings. The lowest BCUT2D eigenvalue weighted by Crippen LogP contribution is -2.54. The fraction of sp³-hybridized carbons (Fsp3) is 0.375. The van der Waals surface area contributed by atoms with E-state index in [0.29, 0.717) is 4.90 Å². The van der Waals surface area contributed by atoms with E-state index in [0.717, 1.165) is 17.0 Å². The lowest BCUT2D eigenvalue weighted by atomic mass is 10.2. The minimum atomic E-state index is -4.91. The molecule has 1 aliphatic rings. The largest absolute Gasteiger partial charge is 0.573 e. The Kier molecular flexibility index (Phi) is 5.45. The van der Waals surface area contributed by atoms with Gasteiger partial charge in [-0.25, -0.2) is 0 Å². The highest BCUT2D eigenvalue weighted by atomic mass is 19.4. The number of aliphatic hydroxyl groups excluding tert-OH is 1. The van der Waals surface area contributed by atoms with Crippen LogP contribution in [0.15, 0.2) is 24.3 Å². The summed E-state index contributed by atoms with van der Waals surface area (Å²) in [5, 5.41) is 10.1. The van der Waals surface area contributed by atoms with Crippen LogP contribution in [0, 0.1) is 0 Å². The number of H-pyrrole nitrogens is 1. The zero-order valence-electron chi connectivity index (χ0n) is 15.1. The third-order valence-electron chi connectivity index (χ3n) is 3.99. The minimum Gasteiger partial charge on any atom is -0.425 e. The van der Waals surface area contributed by atoms with Gasteiger partial charge in [-0.1, -0.05) is 6.07 Å². The average Bonchev–Trinajstić information content (AvgIpc) is 3.02. The molecule has 8 nitrogen and oxygen atoms in total. The van der Waals surface area contributed by atoms with E-state index in [1.165, 1.54) is 19.2 Å². The van der Waals surface area contributed by atoms with Gasteiger partial charge in [0.25, 0.3) is 5.91 Å². The Morgan fingerprint density at radius 3 is 2.50 bits per heavy atom. The van der Waals surface area contributed by atoms with Crippen molar-refractivity contribution in [3.8, 4) is 17.5 Å². The summed E-state index contributed by atoms with van der Waals surface area (Å²) in [4.78, 5) is 20.5. The van der Waals surface area contributed by atoms with Crippen LogP contribution in [0.1, 0.15) is 16.9 Å². The molecule has 0 saturated carbocycles. The summed E-state index contributed by atoms with van der Waals surface area (Å²) in [5.41, 5.74) is -0.248. The van der Waals surface area contributed by atoms with Gasteiger partial charge in [-0.2, -0.15) is 18.2 Å². The molecule has 1 amide bonds. The molecule has 0 bridgehead atoms. The van der Waals surface area contributed by atoms with Crippen molar-refractivity contribution in [2.75, 3.05) is 18.5 Å². The quantitative estimate of drug-likeness (QED) is 0.694. The van der Waals surface area contributed by atoms with E-state index < -0.39 is 43.5 Å². The van der Waals surface area contributed by atoms with Gasteiger partial charge >= 0.3 is 18.5 Å². The second-order valence-corrected chi connectivity index (χ2v) is 6.19. The van der Waals surface area contributed by atoms with E-state index in [2.05, 4.69) is 14.7 Å². The van der Waals surface area contributed by atoms with Crippen molar-refractivity contribution < 1.29 is 45.7 Å². The molecule has 164 valence electrons. The van der Waals surface area contributed by atoms with Crippen LogP contribution in [-0.2, 0) is 0 Å². The molecule has 0 spiro atoms. The molecule has 1 aliphatic heterocycles. The van der Waals surface area contributed by atoms with Crippen LogP contribution in [-0.4, -0.2) is 58.4 Å². The van der Waals surface area contributed by atoms with Crippen molar-refractivity contribution >= 4 is 11.7 Å². The van der Waals surface area contributed by atoms with Gasteiger partial charge in [-0.05, 0) is 12.1 Å². The molecule has 30 heavy (non-hydrogen) atoms. The van der Waals surface area contributed by atoms with Crippen molar-refractivity contribution in [1.82, 2.24) is 14.9 Å². The first-order valence-electron chi connectivity index (χ1n) is 8.26. The molecule has 2 heterocycles. The van der Waals surface area contributed by atoms with Crippen molar-refractivity contribution in [1.29, 1.82) is 0 Å². The number of fused-ring (bicyclic) bond motifs is 1. The molecule has 1 atom stereocenters. The highest BCUT2D eigenvalue weighted by molar-refractivity contribution is 5.99. The number of aromatic amines is 1. The molecule has 0 radical (unpaired) electrons. The lowest BCUT2D eigenvalue weighted by molar-refractivity contribution is -0.274. The number of halogens is 6. The number of hydrogen-bond acceptors (Lipinski definition) is 6. The van der Waals surface area contributed by atoms with E-state index in [1.54, 1.807) is 0 Å². The number of benzene rings is 1. The number of ether oxygens (including phenoxy) is 2. The van der Waals surface area contributed by atoms with Gasteiger partial charge in [0.2, 0.25) is 6.35 Å². The first-order chi connectivity index (χ1) is 13.8. The molecule has 14 heteroatoms. The molecule has 2 N–H and O–H groups in total. The highest BCUT2D eigenvalue weighted by Gasteiger charge is 2.40. The number of aliphatic hydroxyl groups is 1. The van der Waals surface area contributed by atoms with E-state index in [4.69, 9.17) is 4.74 Å². The standard InChI is InChI=1S/C16H14F6N4O4/c1-25-11-10(12(27)26(14(25)28)6-5-15(17,18)19)23-13(24-11)29-8-3-2-4-9(7-8)30-16(20,21)22/h2-4,7,14,28H,5-6H2,1H3,(H,23,24). The number of aromatic nitrogens is 2. The number of carbonyl (C=O) groups excluding carboxylic acids is 1. The predicted molar refractivity (Wildman–Crippen MR) is 87.9 cm³/mol. The van der Waals surface area contributed by atoms with Crippen LogP contribution in [0.25, 0.3) is 0 Å². The molecular formula is C16H14F6N4O4. The van der Waals surface area contributed by atoms with Gasteiger partial charge in [-0.3, -0.25) is 9.69 Å². The van der Waals surface area contributed by atoms with E-state index in [-0.39, 0.29) is 23.3 Å². The SMILES string of the molecule is CN1c2nc(Oc3cccc(OC(F)(F)F)c3)[nH]c2C(=O)N(CCC(F)(F)F)C1O. The number of nitrogens with one attached hydrogen (secondary N) is 1. The van der Waals surface area contributed by atoms with E-state index in [9.17, 15) is 36.2 Å². The number of anilines is 1.